The second kappa shape index (κ2) is 7.61. The zero-order valence-corrected chi connectivity index (χ0v) is 16.7. The maximum Gasteiger partial charge on any atom is 0.229 e. The predicted molar refractivity (Wildman–Crippen MR) is 108 cm³/mol. The Balaban J connectivity index is 1.52. The van der Waals surface area contributed by atoms with Gasteiger partial charge in [-0.2, -0.15) is 4.98 Å². The molecule has 1 aliphatic rings. The Morgan fingerprint density at radius 3 is 2.69 bits per heavy atom. The first-order valence-electron chi connectivity index (χ1n) is 9.11. The Labute approximate surface area is 175 Å². The minimum atomic E-state index is -0.377. The van der Waals surface area contributed by atoms with Gasteiger partial charge in [0.25, 0.3) is 0 Å². The van der Waals surface area contributed by atoms with E-state index in [-0.39, 0.29) is 5.82 Å². The Morgan fingerprint density at radius 1 is 1.10 bits per heavy atom. The third-order valence-corrected chi connectivity index (χ3v) is 5.84. The summed E-state index contributed by atoms with van der Waals surface area (Å²) in [5.74, 6) is 2.20. The summed E-state index contributed by atoms with van der Waals surface area (Å²) in [6, 6.07) is 13.8. The molecule has 146 valence electrons. The summed E-state index contributed by atoms with van der Waals surface area (Å²) in [5, 5.41) is 13.6. The van der Waals surface area contributed by atoms with E-state index in [0.717, 1.165) is 12.8 Å². The minimum Gasteiger partial charge on any atom is -0.339 e. The fraction of sp³-hybridized carbons (Fsp3) is 0.200. The van der Waals surface area contributed by atoms with E-state index in [0.29, 0.717) is 50.6 Å². The molecule has 6 nitrogen and oxygen atoms in total. The van der Waals surface area contributed by atoms with E-state index in [4.69, 9.17) is 16.1 Å². The molecule has 0 radical (unpaired) electrons. The molecule has 0 amide bonds. The zero-order valence-electron chi connectivity index (χ0n) is 15.1. The lowest BCUT2D eigenvalue weighted by molar-refractivity contribution is 0.375. The van der Waals surface area contributed by atoms with Gasteiger partial charge in [-0.15, -0.1) is 10.2 Å². The normalized spacial score (nSPS) is 13.7. The molecule has 0 spiro atoms. The van der Waals surface area contributed by atoms with Crippen LogP contribution in [0.5, 0.6) is 0 Å². The highest BCUT2D eigenvalue weighted by Crippen LogP contribution is 2.39. The molecule has 0 atom stereocenters. The first kappa shape index (κ1) is 18.3. The van der Waals surface area contributed by atoms with Gasteiger partial charge < -0.3 is 4.52 Å². The van der Waals surface area contributed by atoms with Crippen molar-refractivity contribution >= 4 is 23.4 Å². The number of halogens is 2. The molecule has 0 N–H and O–H groups in total. The average Bonchev–Trinajstić information content (AvgIpc) is 3.33. The van der Waals surface area contributed by atoms with E-state index >= 15 is 0 Å². The van der Waals surface area contributed by atoms with Crippen LogP contribution in [-0.4, -0.2) is 24.9 Å². The van der Waals surface area contributed by atoms with Gasteiger partial charge in [0.15, 0.2) is 16.8 Å². The Morgan fingerprint density at radius 2 is 1.90 bits per heavy atom. The molecule has 2 heterocycles. The first-order valence-corrected chi connectivity index (χ1v) is 10.5. The van der Waals surface area contributed by atoms with Crippen molar-refractivity contribution < 1.29 is 8.91 Å². The average molecular weight is 428 g/mol. The molecule has 5 rings (SSSR count). The fourth-order valence-corrected chi connectivity index (χ4v) is 3.99. The van der Waals surface area contributed by atoms with E-state index in [1.807, 2.05) is 18.2 Å². The summed E-state index contributed by atoms with van der Waals surface area (Å²) in [4.78, 5) is 4.44. The third kappa shape index (κ3) is 3.65. The largest absolute Gasteiger partial charge is 0.339 e. The molecule has 0 unspecified atom stereocenters. The predicted octanol–water partition coefficient (Wildman–Crippen LogP) is 5.28. The van der Waals surface area contributed by atoms with Crippen LogP contribution in [0.1, 0.15) is 30.5 Å². The molecule has 29 heavy (non-hydrogen) atoms. The van der Waals surface area contributed by atoms with Gasteiger partial charge in [0.05, 0.1) is 16.5 Å². The van der Waals surface area contributed by atoms with E-state index in [1.165, 1.54) is 17.8 Å². The molecule has 0 saturated heterocycles. The van der Waals surface area contributed by atoms with Crippen LogP contribution in [0.15, 0.2) is 58.2 Å². The van der Waals surface area contributed by atoms with Gasteiger partial charge in [-0.1, -0.05) is 52.8 Å². The number of aromatic nitrogens is 5. The molecule has 4 aromatic rings. The van der Waals surface area contributed by atoms with Crippen LogP contribution in [0.4, 0.5) is 4.39 Å². The summed E-state index contributed by atoms with van der Waals surface area (Å²) >= 11 is 7.73. The van der Waals surface area contributed by atoms with Crippen molar-refractivity contribution in [3.63, 3.8) is 0 Å². The standard InChI is InChI=1S/C20H15ClFN5OS/c21-14-6-2-1-5-13(14)18-24-25-20(27(18)16-8-4-3-7-15(16)22)29-11-17-23-19(28-26-17)12-9-10-12/h1-8,12H,9-11H2. The summed E-state index contributed by atoms with van der Waals surface area (Å²) in [6.45, 7) is 0. The lowest BCUT2D eigenvalue weighted by atomic mass is 10.2. The van der Waals surface area contributed by atoms with E-state index in [2.05, 4.69) is 20.3 Å². The highest BCUT2D eigenvalue weighted by atomic mass is 35.5. The Bertz CT molecular complexity index is 1170. The lowest BCUT2D eigenvalue weighted by Crippen LogP contribution is -2.03. The number of rotatable bonds is 6. The fourth-order valence-electron chi connectivity index (χ4n) is 2.98. The van der Waals surface area contributed by atoms with Crippen LogP contribution in [0.2, 0.25) is 5.02 Å². The molecule has 0 bridgehead atoms. The highest BCUT2D eigenvalue weighted by Gasteiger charge is 2.29. The van der Waals surface area contributed by atoms with Crippen LogP contribution >= 0.6 is 23.4 Å². The van der Waals surface area contributed by atoms with Crippen LogP contribution in [0.25, 0.3) is 17.1 Å². The van der Waals surface area contributed by atoms with Crippen molar-refractivity contribution in [1.29, 1.82) is 0 Å². The SMILES string of the molecule is Fc1ccccc1-n1c(SCc2noc(C3CC3)n2)nnc1-c1ccccc1Cl. The van der Waals surface area contributed by atoms with Gasteiger partial charge in [0.2, 0.25) is 5.89 Å². The molecule has 1 fully saturated rings. The second-order valence-electron chi connectivity index (χ2n) is 6.68. The highest BCUT2D eigenvalue weighted by molar-refractivity contribution is 7.98. The molecule has 2 aromatic carbocycles. The maximum atomic E-state index is 14.6. The van der Waals surface area contributed by atoms with Gasteiger partial charge in [0, 0.05) is 11.5 Å². The molecule has 0 aliphatic heterocycles. The van der Waals surface area contributed by atoms with Crippen LogP contribution in [0, 0.1) is 5.82 Å². The summed E-state index contributed by atoms with van der Waals surface area (Å²) in [5.41, 5.74) is 1.02. The number of para-hydroxylation sites is 1. The second-order valence-corrected chi connectivity index (χ2v) is 8.03. The molecular weight excluding hydrogens is 413 g/mol. The molecular formula is C20H15ClFN5OS. The third-order valence-electron chi connectivity index (χ3n) is 4.58. The lowest BCUT2D eigenvalue weighted by Gasteiger charge is -2.11. The van der Waals surface area contributed by atoms with Crippen molar-refractivity contribution in [1.82, 2.24) is 24.9 Å². The summed E-state index contributed by atoms with van der Waals surface area (Å²) in [7, 11) is 0. The van der Waals surface area contributed by atoms with Crippen molar-refractivity contribution in [2.24, 2.45) is 0 Å². The number of hydrogen-bond acceptors (Lipinski definition) is 6. The smallest absolute Gasteiger partial charge is 0.229 e. The number of thioether (sulfide) groups is 1. The summed E-state index contributed by atoms with van der Waals surface area (Å²) < 4.78 is 21.6. The topological polar surface area (TPSA) is 69.6 Å². The minimum absolute atomic E-state index is 0.349. The van der Waals surface area contributed by atoms with Gasteiger partial charge in [-0.25, -0.2) is 4.39 Å². The summed E-state index contributed by atoms with van der Waals surface area (Å²) in [6.07, 6.45) is 2.19. The van der Waals surface area contributed by atoms with E-state index in [1.54, 1.807) is 28.8 Å². The Hall–Kier alpha value is -2.71. The molecule has 2 aromatic heterocycles. The molecule has 9 heteroatoms. The quantitative estimate of drug-likeness (QED) is 0.390. The number of benzene rings is 2. The molecule has 1 saturated carbocycles. The van der Waals surface area contributed by atoms with Crippen molar-refractivity contribution in [2.75, 3.05) is 0 Å². The number of nitrogens with zero attached hydrogens (tertiary/aromatic N) is 5. The molecule has 1 aliphatic carbocycles. The van der Waals surface area contributed by atoms with Gasteiger partial charge in [-0.3, -0.25) is 4.57 Å². The maximum absolute atomic E-state index is 14.6. The van der Waals surface area contributed by atoms with Gasteiger partial charge in [-0.05, 0) is 37.1 Å². The first-order chi connectivity index (χ1) is 14.2. The monoisotopic (exact) mass is 427 g/mol. The van der Waals surface area contributed by atoms with Crippen LogP contribution in [-0.2, 0) is 5.75 Å². The number of hydrogen-bond donors (Lipinski definition) is 0. The van der Waals surface area contributed by atoms with Gasteiger partial charge >= 0.3 is 0 Å². The van der Waals surface area contributed by atoms with Crippen molar-refractivity contribution in [3.05, 3.63) is 71.1 Å². The van der Waals surface area contributed by atoms with E-state index < -0.39 is 0 Å². The van der Waals surface area contributed by atoms with Crippen molar-refractivity contribution in [3.8, 4) is 17.1 Å². The Kier molecular flexibility index (Phi) is 4.81. The van der Waals surface area contributed by atoms with Crippen molar-refractivity contribution in [2.45, 2.75) is 29.7 Å². The van der Waals surface area contributed by atoms with Gasteiger partial charge in [0.1, 0.15) is 5.82 Å². The van der Waals surface area contributed by atoms with Crippen LogP contribution < -0.4 is 0 Å². The zero-order chi connectivity index (χ0) is 19.8. The van der Waals surface area contributed by atoms with E-state index in [9.17, 15) is 4.39 Å². The van der Waals surface area contributed by atoms with Crippen LogP contribution in [0.3, 0.4) is 0 Å².